The van der Waals surface area contributed by atoms with Crippen molar-refractivity contribution < 1.29 is 27.9 Å². The Bertz CT molecular complexity index is 1680. The molecule has 2 N–H and O–H groups in total. The van der Waals surface area contributed by atoms with E-state index < -0.39 is 20.5 Å². The molecule has 5 aromatic rings. The molecule has 0 saturated carbocycles. The predicted molar refractivity (Wildman–Crippen MR) is 170 cm³/mol. The number of nitrogens with zero attached hydrogens (tertiary/aromatic N) is 3. The summed E-state index contributed by atoms with van der Waals surface area (Å²) < 4.78 is 38.6. The van der Waals surface area contributed by atoms with Gasteiger partial charge in [0, 0.05) is 19.8 Å². The summed E-state index contributed by atoms with van der Waals surface area (Å²) in [6, 6.07) is 22.1. The first-order valence-electron chi connectivity index (χ1n) is 13.4. The van der Waals surface area contributed by atoms with E-state index in [2.05, 4.69) is 17.0 Å². The van der Waals surface area contributed by atoms with Gasteiger partial charge in [-0.2, -0.15) is 0 Å². The molecule has 0 aliphatic carbocycles. The summed E-state index contributed by atoms with van der Waals surface area (Å²) >= 11 is 3.23. The largest absolute Gasteiger partial charge is 0.494 e. The number of para-hydroxylation sites is 2. The van der Waals surface area contributed by atoms with Gasteiger partial charge in [0.05, 0.1) is 31.9 Å². The first kappa shape index (κ1) is 31.1. The number of amides is 1. The minimum absolute atomic E-state index is 0. The molecule has 10 nitrogen and oxygen atoms in total. The zero-order valence-corrected chi connectivity index (χ0v) is 26.1. The molecule has 0 unspecified atom stereocenters. The molecule has 0 radical (unpaired) electrons. The van der Waals surface area contributed by atoms with Crippen LogP contribution in [0.1, 0.15) is 19.3 Å². The normalized spacial score (nSPS) is 14.7. The quantitative estimate of drug-likeness (QED) is 0.109. The second-order valence-corrected chi connectivity index (χ2v) is 14.1. The summed E-state index contributed by atoms with van der Waals surface area (Å²) in [7, 11) is -4.10. The fourth-order valence-corrected chi connectivity index (χ4v) is 8.98. The summed E-state index contributed by atoms with van der Waals surface area (Å²) in [5.74, 6) is -0.440. The number of ether oxygens (including phenoxy) is 2. The molecule has 1 saturated heterocycles. The number of sulfone groups is 1. The monoisotopic (exact) mass is 660 g/mol. The van der Waals surface area contributed by atoms with Crippen LogP contribution >= 0.6 is 35.1 Å². The Balaban J connectivity index is 0.00000368. The molecule has 43 heavy (non-hydrogen) atoms. The van der Waals surface area contributed by atoms with Crippen LogP contribution in [0, 0.1) is 0 Å². The van der Waals surface area contributed by atoms with Crippen LogP contribution < -0.4 is 15.1 Å². The van der Waals surface area contributed by atoms with E-state index in [9.17, 15) is 18.4 Å². The summed E-state index contributed by atoms with van der Waals surface area (Å²) in [6.07, 6.45) is 0.575. The third kappa shape index (κ3) is 6.06. The summed E-state index contributed by atoms with van der Waals surface area (Å²) in [5.41, 5.74) is 3.41. The van der Waals surface area contributed by atoms with E-state index in [1.54, 1.807) is 34.8 Å². The van der Waals surface area contributed by atoms with Crippen LogP contribution in [0.4, 0.5) is 10.3 Å². The average Bonchev–Trinajstić information content (AvgIpc) is 3.65. The van der Waals surface area contributed by atoms with Gasteiger partial charge in [0.2, 0.25) is 0 Å². The molecule has 1 amide bonds. The van der Waals surface area contributed by atoms with Crippen LogP contribution in [0.15, 0.2) is 77.7 Å². The smallest absolute Gasteiger partial charge is 0.265 e. The van der Waals surface area contributed by atoms with Gasteiger partial charge in [-0.3, -0.25) is 14.9 Å². The molecule has 3 aromatic carbocycles. The number of halogens is 1. The van der Waals surface area contributed by atoms with Crippen LogP contribution in [0.25, 0.3) is 20.4 Å². The predicted octanol–water partition coefficient (Wildman–Crippen LogP) is 5.76. The van der Waals surface area contributed by atoms with Gasteiger partial charge in [-0.1, -0.05) is 46.9 Å². The maximum absolute atomic E-state index is 13.5. The molecule has 0 atom stereocenters. The van der Waals surface area contributed by atoms with Crippen LogP contribution in [0.5, 0.6) is 5.75 Å². The van der Waals surface area contributed by atoms with Crippen molar-refractivity contribution in [3.63, 3.8) is 0 Å². The van der Waals surface area contributed by atoms with Gasteiger partial charge in [0.25, 0.3) is 5.91 Å². The lowest BCUT2D eigenvalue weighted by atomic mass is 9.98. The Morgan fingerprint density at radius 2 is 1.49 bits per heavy atom. The number of fused-ring (bicyclic) bond motifs is 2. The van der Waals surface area contributed by atoms with Crippen LogP contribution in [-0.2, 0) is 19.4 Å². The zero-order valence-electron chi connectivity index (χ0n) is 22.8. The second kappa shape index (κ2) is 13.1. The minimum Gasteiger partial charge on any atom is -0.494 e. The van der Waals surface area contributed by atoms with E-state index in [1.165, 1.54) is 17.6 Å². The maximum Gasteiger partial charge on any atom is 0.265 e. The molecule has 0 bridgehead atoms. The number of rotatable bonds is 10. The standard InChI is InChI=1S/C29H28N4O6S3.ClH/c34-26(32-35)29(14-18-38-19-15-29)42(36,37)21-12-10-20(11-13-21)39-17-5-16-33(27-30-22-6-1-3-8-24(22)40-27)28-31-23-7-2-4-9-25(23)41-28;/h1-4,6-13,35H,5,14-19H2,(H,32,34);1H. The summed E-state index contributed by atoms with van der Waals surface area (Å²) in [5, 5.41) is 11.0. The molecular weight excluding hydrogens is 632 g/mol. The summed E-state index contributed by atoms with van der Waals surface area (Å²) in [6.45, 7) is 1.22. The van der Waals surface area contributed by atoms with Crippen molar-refractivity contribution in [2.75, 3.05) is 31.3 Å². The van der Waals surface area contributed by atoms with E-state index >= 15 is 0 Å². The van der Waals surface area contributed by atoms with E-state index in [1.807, 2.05) is 36.4 Å². The third-order valence-corrected chi connectivity index (χ3v) is 11.9. The molecule has 6 rings (SSSR count). The van der Waals surface area contributed by atoms with E-state index in [-0.39, 0.29) is 43.4 Å². The fourth-order valence-electron chi connectivity index (χ4n) is 5.00. The average molecular weight is 661 g/mol. The molecule has 1 fully saturated rings. The van der Waals surface area contributed by atoms with Gasteiger partial charge in [0.15, 0.2) is 24.8 Å². The highest BCUT2D eigenvalue weighted by Crippen LogP contribution is 2.38. The number of nitrogens with one attached hydrogen (secondary N) is 1. The number of thiazole rings is 2. The molecular formula is C29H29ClN4O6S3. The van der Waals surface area contributed by atoms with Crippen molar-refractivity contribution in [1.29, 1.82) is 0 Å². The number of carbonyl (C=O) groups is 1. The lowest BCUT2D eigenvalue weighted by Crippen LogP contribution is -2.54. The SMILES string of the molecule is Cl.O=C(NO)C1(S(=O)(=O)c2ccc(OCCCN(c3nc4ccccc4s3)c3nc4ccccc4s3)cc2)CCOCC1. The molecule has 1 aliphatic rings. The molecule has 2 aromatic heterocycles. The van der Waals surface area contributed by atoms with Gasteiger partial charge in [-0.15, -0.1) is 12.4 Å². The lowest BCUT2D eigenvalue weighted by molar-refractivity contribution is -0.134. The lowest BCUT2D eigenvalue weighted by Gasteiger charge is -2.34. The van der Waals surface area contributed by atoms with Gasteiger partial charge in [-0.05, 0) is 67.8 Å². The number of anilines is 2. The Morgan fingerprint density at radius 1 is 0.930 bits per heavy atom. The zero-order chi connectivity index (χ0) is 29.2. The highest BCUT2D eigenvalue weighted by atomic mass is 35.5. The Labute approximate surface area is 262 Å². The number of benzene rings is 3. The van der Waals surface area contributed by atoms with Crippen molar-refractivity contribution in [2.45, 2.75) is 28.9 Å². The molecule has 14 heteroatoms. The molecule has 0 spiro atoms. The Morgan fingerprint density at radius 3 is 2.02 bits per heavy atom. The molecule has 226 valence electrons. The second-order valence-electron chi connectivity index (χ2n) is 9.80. The highest BCUT2D eigenvalue weighted by Gasteiger charge is 2.52. The third-order valence-electron chi connectivity index (χ3n) is 7.29. The minimum atomic E-state index is -4.10. The number of hydrogen-bond acceptors (Lipinski definition) is 11. The number of carbonyl (C=O) groups excluding carboxylic acids is 1. The highest BCUT2D eigenvalue weighted by molar-refractivity contribution is 7.93. The number of hydrogen-bond donors (Lipinski definition) is 2. The first-order valence-corrected chi connectivity index (χ1v) is 16.5. The van der Waals surface area contributed by atoms with Crippen LogP contribution in [-0.4, -0.2) is 60.6 Å². The fraction of sp³-hybridized carbons (Fsp3) is 0.276. The number of aromatic nitrogens is 2. The van der Waals surface area contributed by atoms with Crippen LogP contribution in [0.2, 0.25) is 0 Å². The van der Waals surface area contributed by atoms with Gasteiger partial charge in [-0.25, -0.2) is 23.9 Å². The van der Waals surface area contributed by atoms with E-state index in [4.69, 9.17) is 19.4 Å². The maximum atomic E-state index is 13.5. The Kier molecular flexibility index (Phi) is 9.49. The van der Waals surface area contributed by atoms with Crippen molar-refractivity contribution in [1.82, 2.24) is 15.4 Å². The number of hydroxylamine groups is 1. The van der Waals surface area contributed by atoms with Gasteiger partial charge >= 0.3 is 0 Å². The van der Waals surface area contributed by atoms with Crippen molar-refractivity contribution >= 4 is 81.5 Å². The van der Waals surface area contributed by atoms with Crippen molar-refractivity contribution in [3.05, 3.63) is 72.8 Å². The topological polar surface area (TPSA) is 131 Å². The van der Waals surface area contributed by atoms with Gasteiger partial charge < -0.3 is 9.47 Å². The van der Waals surface area contributed by atoms with E-state index in [0.717, 1.165) is 30.7 Å². The molecule has 3 heterocycles. The molecule has 1 aliphatic heterocycles. The van der Waals surface area contributed by atoms with Gasteiger partial charge in [0.1, 0.15) is 5.75 Å². The van der Waals surface area contributed by atoms with Crippen molar-refractivity contribution in [3.8, 4) is 5.75 Å². The first-order chi connectivity index (χ1) is 20.4. The van der Waals surface area contributed by atoms with Crippen LogP contribution in [0.3, 0.4) is 0 Å². The van der Waals surface area contributed by atoms with E-state index in [0.29, 0.717) is 25.3 Å². The Hall–Kier alpha value is -3.33. The summed E-state index contributed by atoms with van der Waals surface area (Å²) in [4.78, 5) is 24.3. The van der Waals surface area contributed by atoms with Crippen molar-refractivity contribution in [2.24, 2.45) is 0 Å².